The van der Waals surface area contributed by atoms with Gasteiger partial charge in [0, 0.05) is 57.9 Å². The minimum atomic E-state index is 0.0677. The van der Waals surface area contributed by atoms with Gasteiger partial charge in [-0.15, -0.1) is 0 Å². The summed E-state index contributed by atoms with van der Waals surface area (Å²) in [6, 6.07) is 7.89. The van der Waals surface area contributed by atoms with Gasteiger partial charge in [-0.3, -0.25) is 9.69 Å². The van der Waals surface area contributed by atoms with Gasteiger partial charge >= 0.3 is 0 Å². The van der Waals surface area contributed by atoms with Crippen molar-refractivity contribution in [3.05, 3.63) is 47.4 Å². The van der Waals surface area contributed by atoms with Crippen LogP contribution in [0.25, 0.3) is 5.82 Å². The second-order valence-electron chi connectivity index (χ2n) is 6.15. The predicted molar refractivity (Wildman–Crippen MR) is 96.9 cm³/mol. The van der Waals surface area contributed by atoms with Gasteiger partial charge in [0.05, 0.1) is 5.02 Å². The molecule has 0 aromatic carbocycles. The number of hydrogen-bond acceptors (Lipinski definition) is 4. The van der Waals surface area contributed by atoms with E-state index in [4.69, 9.17) is 16.3 Å². The third-order valence-corrected chi connectivity index (χ3v) is 4.61. The standard InChI is InChI=1S/C18H23ClN4O2/c1-25-14-18(24)22-8-3-7-21(10-11-22)13-16-4-2-9-23(16)17-6-5-15(19)12-20-17/h2,4-6,9,12H,3,7-8,10-11,13-14H2,1H3. The molecule has 0 radical (unpaired) electrons. The second kappa shape index (κ2) is 8.47. The zero-order chi connectivity index (χ0) is 17.6. The van der Waals surface area contributed by atoms with Gasteiger partial charge in [0.1, 0.15) is 12.4 Å². The van der Waals surface area contributed by atoms with Crippen molar-refractivity contribution in [2.45, 2.75) is 13.0 Å². The molecule has 6 nitrogen and oxygen atoms in total. The van der Waals surface area contributed by atoms with E-state index >= 15 is 0 Å². The maximum atomic E-state index is 12.0. The molecule has 2 aromatic heterocycles. The van der Waals surface area contributed by atoms with Crippen molar-refractivity contribution in [3.63, 3.8) is 0 Å². The molecular weight excluding hydrogens is 340 g/mol. The molecule has 3 rings (SSSR count). The summed E-state index contributed by atoms with van der Waals surface area (Å²) in [5, 5.41) is 0.630. The quantitative estimate of drug-likeness (QED) is 0.818. The summed E-state index contributed by atoms with van der Waals surface area (Å²) in [6.07, 6.45) is 4.64. The van der Waals surface area contributed by atoms with Crippen LogP contribution >= 0.6 is 11.6 Å². The number of halogens is 1. The SMILES string of the molecule is COCC(=O)N1CCCN(Cc2cccn2-c2ccc(Cl)cn2)CC1. The van der Waals surface area contributed by atoms with Crippen LogP contribution in [0.15, 0.2) is 36.7 Å². The van der Waals surface area contributed by atoms with Crippen molar-refractivity contribution < 1.29 is 9.53 Å². The predicted octanol–water partition coefficient (Wildman–Crippen LogP) is 2.21. The van der Waals surface area contributed by atoms with Crippen molar-refractivity contribution in [2.24, 2.45) is 0 Å². The van der Waals surface area contributed by atoms with Crippen LogP contribution in [0.5, 0.6) is 0 Å². The first-order valence-electron chi connectivity index (χ1n) is 8.44. The molecule has 0 bridgehead atoms. The number of aromatic nitrogens is 2. The van der Waals surface area contributed by atoms with Crippen LogP contribution in [0.1, 0.15) is 12.1 Å². The summed E-state index contributed by atoms with van der Waals surface area (Å²) >= 11 is 5.93. The maximum Gasteiger partial charge on any atom is 0.248 e. The molecule has 2 aromatic rings. The van der Waals surface area contributed by atoms with Crippen LogP contribution in [-0.4, -0.2) is 65.2 Å². The highest BCUT2D eigenvalue weighted by atomic mass is 35.5. The molecule has 7 heteroatoms. The zero-order valence-electron chi connectivity index (χ0n) is 14.4. The normalized spacial score (nSPS) is 16.0. The third-order valence-electron chi connectivity index (χ3n) is 4.39. The Balaban J connectivity index is 1.64. The first kappa shape index (κ1) is 17.9. The molecule has 1 aliphatic rings. The van der Waals surface area contributed by atoms with E-state index in [2.05, 4.69) is 20.5 Å². The number of amides is 1. The molecule has 0 unspecified atom stereocenters. The molecule has 134 valence electrons. The average Bonchev–Trinajstić information content (AvgIpc) is 2.93. The Morgan fingerprint density at radius 3 is 2.88 bits per heavy atom. The van der Waals surface area contributed by atoms with Crippen LogP contribution in [-0.2, 0) is 16.1 Å². The molecule has 1 saturated heterocycles. The summed E-state index contributed by atoms with van der Waals surface area (Å²) in [4.78, 5) is 20.7. The summed E-state index contributed by atoms with van der Waals surface area (Å²) in [6.45, 7) is 4.33. The molecule has 1 amide bonds. The van der Waals surface area contributed by atoms with Gasteiger partial charge in [0.15, 0.2) is 0 Å². The van der Waals surface area contributed by atoms with E-state index in [1.165, 1.54) is 5.69 Å². The minimum Gasteiger partial charge on any atom is -0.375 e. The van der Waals surface area contributed by atoms with Gasteiger partial charge in [-0.05, 0) is 30.7 Å². The number of hydrogen-bond donors (Lipinski definition) is 0. The summed E-state index contributed by atoms with van der Waals surface area (Å²) in [5.41, 5.74) is 1.17. The van der Waals surface area contributed by atoms with E-state index in [-0.39, 0.29) is 12.5 Å². The lowest BCUT2D eigenvalue weighted by atomic mass is 10.3. The molecule has 1 fully saturated rings. The average molecular weight is 363 g/mol. The van der Waals surface area contributed by atoms with Crippen LogP contribution < -0.4 is 0 Å². The van der Waals surface area contributed by atoms with Crippen LogP contribution in [0.4, 0.5) is 0 Å². The van der Waals surface area contributed by atoms with Gasteiger partial charge in [-0.25, -0.2) is 4.98 Å². The van der Waals surface area contributed by atoms with Crippen molar-refractivity contribution in [1.29, 1.82) is 0 Å². The first-order chi connectivity index (χ1) is 12.2. The molecule has 0 N–H and O–H groups in total. The van der Waals surface area contributed by atoms with Crippen molar-refractivity contribution in [2.75, 3.05) is 39.9 Å². The van der Waals surface area contributed by atoms with Crippen LogP contribution in [0.2, 0.25) is 5.02 Å². The topological polar surface area (TPSA) is 50.6 Å². The van der Waals surface area contributed by atoms with Crippen LogP contribution in [0.3, 0.4) is 0 Å². The lowest BCUT2D eigenvalue weighted by molar-refractivity contribution is -0.135. The van der Waals surface area contributed by atoms with E-state index < -0.39 is 0 Å². The van der Waals surface area contributed by atoms with E-state index in [1.807, 2.05) is 29.3 Å². The fraction of sp³-hybridized carbons (Fsp3) is 0.444. The number of rotatable bonds is 5. The Morgan fingerprint density at radius 2 is 2.12 bits per heavy atom. The van der Waals surface area contributed by atoms with Crippen molar-refractivity contribution in [3.8, 4) is 5.82 Å². The number of nitrogens with zero attached hydrogens (tertiary/aromatic N) is 4. The van der Waals surface area contributed by atoms with E-state index in [0.717, 1.165) is 45.0 Å². The fourth-order valence-electron chi connectivity index (χ4n) is 3.10. The Morgan fingerprint density at radius 1 is 1.24 bits per heavy atom. The first-order valence-corrected chi connectivity index (χ1v) is 8.82. The lowest BCUT2D eigenvalue weighted by Crippen LogP contribution is -2.37. The molecule has 0 saturated carbocycles. The monoisotopic (exact) mass is 362 g/mol. The third kappa shape index (κ3) is 4.60. The summed E-state index contributed by atoms with van der Waals surface area (Å²) in [7, 11) is 1.56. The zero-order valence-corrected chi connectivity index (χ0v) is 15.2. The Labute approximate surface area is 153 Å². The molecule has 3 heterocycles. The molecule has 0 atom stereocenters. The highest BCUT2D eigenvalue weighted by Crippen LogP contribution is 2.16. The van der Waals surface area contributed by atoms with Gasteiger partial charge < -0.3 is 14.2 Å². The maximum absolute atomic E-state index is 12.0. The molecule has 25 heavy (non-hydrogen) atoms. The molecular formula is C18H23ClN4O2. The second-order valence-corrected chi connectivity index (χ2v) is 6.58. The lowest BCUT2D eigenvalue weighted by Gasteiger charge is -2.22. The Hall–Kier alpha value is -1.89. The number of pyridine rings is 1. The Bertz CT molecular complexity index is 701. The number of carbonyl (C=O) groups is 1. The number of methoxy groups -OCH3 is 1. The van der Waals surface area contributed by atoms with Gasteiger partial charge in [0.2, 0.25) is 5.91 Å². The molecule has 1 aliphatic heterocycles. The largest absolute Gasteiger partial charge is 0.375 e. The fourth-order valence-corrected chi connectivity index (χ4v) is 3.21. The number of carbonyl (C=O) groups excluding carboxylic acids is 1. The Kier molecular flexibility index (Phi) is 6.07. The highest BCUT2D eigenvalue weighted by Gasteiger charge is 2.19. The van der Waals surface area contributed by atoms with E-state index in [9.17, 15) is 4.79 Å². The number of ether oxygens (including phenoxy) is 1. The summed E-state index contributed by atoms with van der Waals surface area (Å²) < 4.78 is 7.04. The van der Waals surface area contributed by atoms with Gasteiger partial charge in [-0.2, -0.15) is 0 Å². The van der Waals surface area contributed by atoms with Gasteiger partial charge in [-0.1, -0.05) is 11.6 Å². The minimum absolute atomic E-state index is 0.0677. The molecule has 0 aliphatic carbocycles. The van der Waals surface area contributed by atoms with Crippen molar-refractivity contribution in [1.82, 2.24) is 19.4 Å². The summed E-state index contributed by atoms with van der Waals surface area (Å²) in [5.74, 6) is 0.925. The highest BCUT2D eigenvalue weighted by molar-refractivity contribution is 6.30. The van der Waals surface area contributed by atoms with Crippen LogP contribution in [0, 0.1) is 0 Å². The van der Waals surface area contributed by atoms with Gasteiger partial charge in [0.25, 0.3) is 0 Å². The smallest absolute Gasteiger partial charge is 0.248 e. The van der Waals surface area contributed by atoms with E-state index in [1.54, 1.807) is 13.3 Å². The van der Waals surface area contributed by atoms with Crippen molar-refractivity contribution >= 4 is 17.5 Å². The molecule has 0 spiro atoms. The van der Waals surface area contributed by atoms with E-state index in [0.29, 0.717) is 5.02 Å².